The quantitative estimate of drug-likeness (QED) is 0.175. The third-order valence-corrected chi connectivity index (χ3v) is 7.05. The van der Waals surface area contributed by atoms with E-state index in [1.165, 1.54) is 49.2 Å². The van der Waals surface area contributed by atoms with Gasteiger partial charge in [0, 0.05) is 0 Å². The zero-order chi connectivity index (χ0) is 27.1. The molecule has 0 bridgehead atoms. The number of rotatable bonds is 9. The number of ether oxygens (including phenoxy) is 1. The Labute approximate surface area is 226 Å². The van der Waals surface area contributed by atoms with Crippen LogP contribution in [0, 0.1) is 0 Å². The molecule has 0 unspecified atom stereocenters. The number of aldehydes is 1. The number of fused-ring (bicyclic) bond motifs is 1. The van der Waals surface area contributed by atoms with E-state index in [0.29, 0.717) is 11.6 Å². The molecule has 0 atom stereocenters. The summed E-state index contributed by atoms with van der Waals surface area (Å²) in [4.78, 5) is 21.9. The van der Waals surface area contributed by atoms with E-state index in [1.54, 1.807) is 7.11 Å². The SMILES string of the molecule is C1CNC1.CNC.[B]=C(NC1(c2cc3c(c(OC)c2)[N+](C2CC2)=C3)CC1)c1ccccc1CNC(=O)C=O. The maximum atomic E-state index is 11.3. The van der Waals surface area contributed by atoms with Gasteiger partial charge in [-0.3, -0.25) is 0 Å². The second kappa shape index (κ2) is 12.5. The Balaban J connectivity index is 0.000000424. The van der Waals surface area contributed by atoms with Gasteiger partial charge in [-0.05, 0) is 33.6 Å². The van der Waals surface area contributed by atoms with Crippen molar-refractivity contribution in [1.29, 1.82) is 0 Å². The number of hydrogen-bond donors (Lipinski definition) is 4. The second-order valence-electron chi connectivity index (χ2n) is 10.1. The predicted octanol–water partition coefficient (Wildman–Crippen LogP) is 1.49. The molecule has 0 aromatic heterocycles. The molecule has 0 spiro atoms. The van der Waals surface area contributed by atoms with E-state index in [4.69, 9.17) is 12.2 Å². The Kier molecular flexibility index (Phi) is 9.12. The Hall–Kier alpha value is -3.30. The number of hydrogen-bond acceptors (Lipinski definition) is 6. The second-order valence-corrected chi connectivity index (χ2v) is 10.1. The van der Waals surface area contributed by atoms with Crippen molar-refractivity contribution in [1.82, 2.24) is 21.3 Å². The number of nitrogens with zero attached hydrogens (tertiary/aromatic N) is 1. The number of methoxy groups -OCH3 is 1. The maximum absolute atomic E-state index is 11.3. The van der Waals surface area contributed by atoms with Crippen LogP contribution in [-0.2, 0) is 21.7 Å². The fraction of sp³-hybridized carbons (Fsp3) is 0.448. The van der Waals surface area contributed by atoms with Crippen LogP contribution in [-0.4, -0.2) is 76.4 Å². The molecule has 1 saturated heterocycles. The number of benzene rings is 2. The normalized spacial score (nSPS) is 17.3. The minimum absolute atomic E-state index is 0.223. The van der Waals surface area contributed by atoms with Crippen molar-refractivity contribution in [2.24, 2.45) is 0 Å². The monoisotopic (exact) mass is 515 g/mol. The van der Waals surface area contributed by atoms with Gasteiger partial charge in [0.15, 0.2) is 0 Å². The van der Waals surface area contributed by atoms with Crippen molar-refractivity contribution in [3.05, 3.63) is 58.7 Å². The van der Waals surface area contributed by atoms with Crippen LogP contribution in [0.15, 0.2) is 36.4 Å². The predicted molar refractivity (Wildman–Crippen MR) is 152 cm³/mol. The third-order valence-electron chi connectivity index (χ3n) is 7.05. The van der Waals surface area contributed by atoms with Crippen LogP contribution >= 0.6 is 0 Å². The Morgan fingerprint density at radius 2 is 1.87 bits per heavy atom. The Bertz CT molecular complexity index is 1210. The van der Waals surface area contributed by atoms with E-state index in [1.807, 2.05) is 38.4 Å². The van der Waals surface area contributed by atoms with Crippen LogP contribution in [0.5, 0.6) is 5.75 Å². The first kappa shape index (κ1) is 27.7. The van der Waals surface area contributed by atoms with Crippen LogP contribution in [0.4, 0.5) is 5.69 Å². The van der Waals surface area contributed by atoms with Crippen molar-refractivity contribution in [3.63, 3.8) is 0 Å². The Morgan fingerprint density at radius 3 is 2.42 bits per heavy atom. The van der Waals surface area contributed by atoms with Crippen LogP contribution in [0.2, 0.25) is 0 Å². The standard InChI is InChI=1S/C24H23BN3O3.C3H7N.C2H7N/c1-31-20-11-17(10-16-13-28(22(16)20)18-6-7-18)24(8-9-24)27-23(25)19-5-3-2-4-15(19)12-26-21(30)14-29;1-2-4-3-1;1-3-2/h2-5,10-11,13-14,18,27H,6-9,12H2,1H3;4H,1-3H2;3H,1-2H3/p+1. The van der Waals surface area contributed by atoms with Crippen molar-refractivity contribution < 1.29 is 18.9 Å². The molecule has 4 N–H and O–H groups in total. The molecule has 6 rings (SSSR count). The average molecular weight is 515 g/mol. The summed E-state index contributed by atoms with van der Waals surface area (Å²) >= 11 is 0. The zero-order valence-electron chi connectivity index (χ0n) is 22.6. The van der Waals surface area contributed by atoms with Gasteiger partial charge in [-0.15, -0.1) is 0 Å². The van der Waals surface area contributed by atoms with Crippen molar-refractivity contribution in [3.8, 4) is 5.75 Å². The molecule has 2 saturated carbocycles. The van der Waals surface area contributed by atoms with Gasteiger partial charge in [0.2, 0.25) is 0 Å². The van der Waals surface area contributed by atoms with Crippen LogP contribution in [0.3, 0.4) is 0 Å². The molecule has 2 heterocycles. The van der Waals surface area contributed by atoms with E-state index >= 15 is 0 Å². The number of nitrogens with one attached hydrogen (secondary N) is 4. The molecule has 2 aromatic carbocycles. The summed E-state index contributed by atoms with van der Waals surface area (Å²) < 4.78 is 8.06. The van der Waals surface area contributed by atoms with Gasteiger partial charge >= 0.3 is 182 Å². The van der Waals surface area contributed by atoms with Gasteiger partial charge in [0.05, 0.1) is 0 Å². The molecule has 38 heavy (non-hydrogen) atoms. The molecule has 9 heteroatoms. The summed E-state index contributed by atoms with van der Waals surface area (Å²) in [6, 6.07) is 12.6. The first-order chi connectivity index (χ1) is 18.5. The van der Waals surface area contributed by atoms with Crippen LogP contribution < -0.4 is 26.0 Å². The molecule has 3 fully saturated rings. The first-order valence-corrected chi connectivity index (χ1v) is 13.3. The summed E-state index contributed by atoms with van der Waals surface area (Å²) in [6.07, 6.45) is 8.31. The molecule has 2 aliphatic heterocycles. The van der Waals surface area contributed by atoms with Gasteiger partial charge in [0.1, 0.15) is 0 Å². The molecule has 2 aliphatic carbocycles. The van der Waals surface area contributed by atoms with Crippen LogP contribution in [0.25, 0.3) is 0 Å². The molecule has 1 radical (unpaired) electrons. The molecule has 1 amide bonds. The fourth-order valence-corrected chi connectivity index (χ4v) is 4.50. The van der Waals surface area contributed by atoms with Crippen LogP contribution in [0.1, 0.15) is 54.4 Å². The Morgan fingerprint density at radius 1 is 1.21 bits per heavy atom. The van der Waals surface area contributed by atoms with Crippen molar-refractivity contribution >= 4 is 37.2 Å². The molecular formula is C29H38BN5O3+. The molecule has 2 aromatic rings. The molecule has 4 aliphatic rings. The molecule has 8 nitrogen and oxygen atoms in total. The van der Waals surface area contributed by atoms with Gasteiger partial charge < -0.3 is 10.6 Å². The van der Waals surface area contributed by atoms with E-state index < -0.39 is 5.91 Å². The third kappa shape index (κ3) is 6.39. The van der Waals surface area contributed by atoms with E-state index in [2.05, 4.69) is 44.2 Å². The van der Waals surface area contributed by atoms with Crippen molar-refractivity contribution in [2.75, 3.05) is 34.3 Å². The zero-order valence-corrected chi connectivity index (χ0v) is 22.6. The topological polar surface area (TPSA) is 94.5 Å². The van der Waals surface area contributed by atoms with Gasteiger partial charge in [-0.1, -0.05) is 0 Å². The van der Waals surface area contributed by atoms with E-state index in [-0.39, 0.29) is 18.4 Å². The van der Waals surface area contributed by atoms with E-state index in [0.717, 1.165) is 29.7 Å². The van der Waals surface area contributed by atoms with Gasteiger partial charge in [0.25, 0.3) is 0 Å². The summed E-state index contributed by atoms with van der Waals surface area (Å²) in [5, 5.41) is 12.0. The number of amides is 1. The van der Waals surface area contributed by atoms with Gasteiger partial charge in [-0.2, -0.15) is 0 Å². The summed E-state index contributed by atoms with van der Waals surface area (Å²) in [5.74, 6) is 0.260. The number of carbonyl (C=O) groups excluding carboxylic acids is 2. The minimum atomic E-state index is -0.648. The van der Waals surface area contributed by atoms with Gasteiger partial charge in [-0.25, -0.2) is 0 Å². The summed E-state index contributed by atoms with van der Waals surface area (Å²) in [5.41, 5.74) is 5.58. The summed E-state index contributed by atoms with van der Waals surface area (Å²) in [6.45, 7) is 2.74. The van der Waals surface area contributed by atoms with E-state index in [9.17, 15) is 9.59 Å². The first-order valence-electron chi connectivity index (χ1n) is 13.3. The van der Waals surface area contributed by atoms with Crippen molar-refractivity contribution in [2.45, 2.75) is 50.2 Å². The average Bonchev–Trinajstić information content (AvgIpc) is 3.79. The molecular weight excluding hydrogens is 477 g/mol. The molecule has 199 valence electrons. The number of carbonyl (C=O) groups is 2. The summed E-state index contributed by atoms with van der Waals surface area (Å²) in [7, 11) is 12.0. The fourth-order valence-electron chi connectivity index (χ4n) is 4.50.